The summed E-state index contributed by atoms with van der Waals surface area (Å²) in [6.07, 6.45) is 0. The van der Waals surface area contributed by atoms with E-state index < -0.39 is 11.9 Å². The van der Waals surface area contributed by atoms with Crippen molar-refractivity contribution in [2.75, 3.05) is 23.0 Å². The molecule has 0 atom stereocenters. The van der Waals surface area contributed by atoms with E-state index in [1.54, 1.807) is 21.7 Å². The average molecular weight is 575 g/mol. The van der Waals surface area contributed by atoms with Crippen LogP contribution >= 0.6 is 22.7 Å². The molecule has 5 rings (SSSR count). The molecule has 0 bridgehead atoms. The standard InChI is InChI=1S/C28H26N6O4S2/c1-4-38-27(37)23-22(29)21(25(40-23)30-17-11-7-5-8-12-17)24(35)32-28-31-19(15-39-28)20-16(2)33(3)34(26(20)36)18-13-9-6-10-14-18/h5-15,30H,4,29H2,1-3H3,(H,31,32,35). The number of amides is 1. The number of thiophene rings is 1. The first-order chi connectivity index (χ1) is 19.3. The number of ether oxygens (including phenoxy) is 1. The molecule has 1 amide bonds. The smallest absolute Gasteiger partial charge is 0.350 e. The van der Waals surface area contributed by atoms with Gasteiger partial charge in [-0.05, 0) is 38.1 Å². The van der Waals surface area contributed by atoms with Crippen LogP contribution in [-0.4, -0.2) is 32.8 Å². The highest BCUT2D eigenvalue weighted by Gasteiger charge is 2.28. The van der Waals surface area contributed by atoms with Crippen LogP contribution in [0.5, 0.6) is 0 Å². The number of nitrogen functional groups attached to an aromatic ring is 1. The van der Waals surface area contributed by atoms with Crippen LogP contribution in [0.1, 0.15) is 32.6 Å². The topological polar surface area (TPSA) is 133 Å². The van der Waals surface area contributed by atoms with Crippen molar-refractivity contribution in [1.29, 1.82) is 0 Å². The number of esters is 1. The first kappa shape index (κ1) is 26.9. The second-order valence-corrected chi connectivity index (χ2v) is 10.6. The molecular weight excluding hydrogens is 548 g/mol. The van der Waals surface area contributed by atoms with Gasteiger partial charge in [0.15, 0.2) is 5.13 Å². The second-order valence-electron chi connectivity index (χ2n) is 8.69. The summed E-state index contributed by atoms with van der Waals surface area (Å²) >= 11 is 2.22. The minimum absolute atomic E-state index is 0.0146. The lowest BCUT2D eigenvalue weighted by Crippen LogP contribution is -2.20. The van der Waals surface area contributed by atoms with Gasteiger partial charge in [-0.3, -0.25) is 19.6 Å². The molecule has 3 heterocycles. The van der Waals surface area contributed by atoms with E-state index in [1.807, 2.05) is 74.6 Å². The van der Waals surface area contributed by atoms with Crippen molar-refractivity contribution in [2.24, 2.45) is 7.05 Å². The number of benzene rings is 2. The molecule has 204 valence electrons. The number of aromatic nitrogens is 3. The predicted molar refractivity (Wildman–Crippen MR) is 159 cm³/mol. The Hall–Kier alpha value is -4.68. The van der Waals surface area contributed by atoms with Crippen LogP contribution in [-0.2, 0) is 11.8 Å². The van der Waals surface area contributed by atoms with Crippen molar-refractivity contribution < 1.29 is 14.3 Å². The molecule has 0 saturated heterocycles. The number of nitrogens with zero attached hydrogens (tertiary/aromatic N) is 3. The SMILES string of the molecule is CCOC(=O)c1sc(Nc2ccccc2)c(C(=O)Nc2nc(-c3c(C)n(C)n(-c4ccccc4)c3=O)cs2)c1N. The summed E-state index contributed by atoms with van der Waals surface area (Å²) in [6, 6.07) is 18.6. The van der Waals surface area contributed by atoms with Crippen LogP contribution in [0.3, 0.4) is 0 Å². The summed E-state index contributed by atoms with van der Waals surface area (Å²) in [5, 5.41) is 8.35. The molecule has 0 aliphatic rings. The van der Waals surface area contributed by atoms with E-state index >= 15 is 0 Å². The van der Waals surface area contributed by atoms with Crippen LogP contribution in [0.4, 0.5) is 21.5 Å². The molecule has 40 heavy (non-hydrogen) atoms. The number of hydrogen-bond donors (Lipinski definition) is 3. The quantitative estimate of drug-likeness (QED) is 0.211. The molecule has 0 aliphatic heterocycles. The molecule has 10 nitrogen and oxygen atoms in total. The van der Waals surface area contributed by atoms with Gasteiger partial charge >= 0.3 is 5.97 Å². The van der Waals surface area contributed by atoms with Crippen molar-refractivity contribution in [3.63, 3.8) is 0 Å². The summed E-state index contributed by atoms with van der Waals surface area (Å²) in [5.41, 5.74) is 9.27. The van der Waals surface area contributed by atoms with Crippen LogP contribution in [0.2, 0.25) is 0 Å². The zero-order valence-corrected chi connectivity index (χ0v) is 23.6. The molecule has 0 spiro atoms. The molecule has 0 unspecified atom stereocenters. The Morgan fingerprint density at radius 3 is 2.42 bits per heavy atom. The van der Waals surface area contributed by atoms with E-state index in [9.17, 15) is 14.4 Å². The average Bonchev–Trinajstić information content (AvgIpc) is 3.59. The van der Waals surface area contributed by atoms with Gasteiger partial charge in [-0.1, -0.05) is 36.4 Å². The number of anilines is 4. The molecule has 0 saturated carbocycles. The molecule has 12 heteroatoms. The maximum atomic E-state index is 13.5. The highest BCUT2D eigenvalue weighted by molar-refractivity contribution is 7.19. The second kappa shape index (κ2) is 11.2. The Kier molecular flexibility index (Phi) is 7.54. The van der Waals surface area contributed by atoms with E-state index in [4.69, 9.17) is 10.5 Å². The summed E-state index contributed by atoms with van der Waals surface area (Å²) in [7, 11) is 1.81. The maximum absolute atomic E-state index is 13.5. The Labute approximate surface area is 237 Å². The van der Waals surface area contributed by atoms with Crippen molar-refractivity contribution in [2.45, 2.75) is 13.8 Å². The Morgan fingerprint density at radius 2 is 1.75 bits per heavy atom. The van der Waals surface area contributed by atoms with Gasteiger partial charge in [-0.2, -0.15) is 0 Å². The third-order valence-electron chi connectivity index (χ3n) is 6.20. The van der Waals surface area contributed by atoms with Gasteiger partial charge in [0.25, 0.3) is 11.5 Å². The van der Waals surface area contributed by atoms with E-state index in [1.165, 1.54) is 11.3 Å². The monoisotopic (exact) mass is 574 g/mol. The van der Waals surface area contributed by atoms with Gasteiger partial charge in [-0.15, -0.1) is 22.7 Å². The summed E-state index contributed by atoms with van der Waals surface area (Å²) in [5.74, 6) is -1.15. The van der Waals surface area contributed by atoms with Crippen LogP contribution in [0.15, 0.2) is 70.8 Å². The van der Waals surface area contributed by atoms with Gasteiger partial charge < -0.3 is 15.8 Å². The van der Waals surface area contributed by atoms with E-state index in [-0.39, 0.29) is 33.4 Å². The molecule has 5 aromatic rings. The van der Waals surface area contributed by atoms with E-state index in [0.717, 1.165) is 28.4 Å². The van der Waals surface area contributed by atoms with E-state index in [0.29, 0.717) is 16.3 Å². The Morgan fingerprint density at radius 1 is 1.07 bits per heavy atom. The normalized spacial score (nSPS) is 10.9. The van der Waals surface area contributed by atoms with Crippen LogP contribution < -0.4 is 21.9 Å². The number of nitrogens with two attached hydrogens (primary N) is 1. The van der Waals surface area contributed by atoms with Gasteiger partial charge in [0, 0.05) is 23.8 Å². The minimum Gasteiger partial charge on any atom is -0.462 e. The third kappa shape index (κ3) is 5.01. The lowest BCUT2D eigenvalue weighted by Gasteiger charge is -2.08. The molecule has 0 aliphatic carbocycles. The van der Waals surface area contributed by atoms with Crippen LogP contribution in [0, 0.1) is 6.92 Å². The summed E-state index contributed by atoms with van der Waals surface area (Å²) < 4.78 is 8.48. The maximum Gasteiger partial charge on any atom is 0.350 e. The number of thiazole rings is 1. The lowest BCUT2D eigenvalue weighted by molar-refractivity contribution is 0.0533. The number of carbonyl (C=O) groups is 2. The zero-order valence-electron chi connectivity index (χ0n) is 21.9. The first-order valence-corrected chi connectivity index (χ1v) is 14.0. The van der Waals surface area contributed by atoms with Crippen molar-refractivity contribution >= 4 is 56.1 Å². The first-order valence-electron chi connectivity index (χ1n) is 12.3. The van der Waals surface area contributed by atoms with Gasteiger partial charge in [-0.25, -0.2) is 14.5 Å². The molecule has 0 radical (unpaired) electrons. The Balaban J connectivity index is 1.47. The fraction of sp³-hybridized carbons (Fsp3) is 0.143. The van der Waals surface area contributed by atoms with Gasteiger partial charge in [0.05, 0.1) is 34.8 Å². The molecule has 4 N–H and O–H groups in total. The summed E-state index contributed by atoms with van der Waals surface area (Å²) in [4.78, 5) is 44.1. The largest absolute Gasteiger partial charge is 0.462 e. The number of hydrogen-bond acceptors (Lipinski definition) is 9. The lowest BCUT2D eigenvalue weighted by atomic mass is 10.2. The summed E-state index contributed by atoms with van der Waals surface area (Å²) in [6.45, 7) is 3.71. The van der Waals surface area contributed by atoms with Crippen LogP contribution in [0.25, 0.3) is 16.9 Å². The third-order valence-corrected chi connectivity index (χ3v) is 8.06. The highest BCUT2D eigenvalue weighted by Crippen LogP contribution is 2.39. The zero-order chi connectivity index (χ0) is 28.4. The van der Waals surface area contributed by atoms with Gasteiger partial charge in [0.2, 0.25) is 0 Å². The van der Waals surface area contributed by atoms with Crippen molar-refractivity contribution in [1.82, 2.24) is 14.3 Å². The van der Waals surface area contributed by atoms with Gasteiger partial charge in [0.1, 0.15) is 9.88 Å². The van der Waals surface area contributed by atoms with E-state index in [2.05, 4.69) is 15.6 Å². The number of carbonyl (C=O) groups excluding carboxylic acids is 2. The van der Waals surface area contributed by atoms with Crippen molar-refractivity contribution in [3.05, 3.63) is 92.5 Å². The molecule has 0 fully saturated rings. The number of rotatable bonds is 8. The van der Waals surface area contributed by atoms with Crippen molar-refractivity contribution in [3.8, 4) is 16.9 Å². The fourth-order valence-corrected chi connectivity index (χ4v) is 5.96. The number of para-hydroxylation sites is 2. The number of nitrogens with one attached hydrogen (secondary N) is 2. The molecular formula is C28H26N6O4S2. The fourth-order valence-electron chi connectivity index (χ4n) is 4.23. The predicted octanol–water partition coefficient (Wildman–Crippen LogP) is 5.42. The molecule has 2 aromatic carbocycles. The minimum atomic E-state index is -0.606. The molecule has 3 aromatic heterocycles. The highest BCUT2D eigenvalue weighted by atomic mass is 32.1. The Bertz CT molecular complexity index is 1750.